The van der Waals surface area contributed by atoms with Gasteiger partial charge in [0.05, 0.1) is 11.6 Å². The lowest BCUT2D eigenvalue weighted by molar-refractivity contribution is -0.210. The Kier molecular flexibility index (Phi) is 3.91. The van der Waals surface area contributed by atoms with Crippen LogP contribution in [0, 0.1) is 29.0 Å². The van der Waals surface area contributed by atoms with Crippen LogP contribution in [-0.4, -0.2) is 30.0 Å². The number of alkyl halides is 6. The molecule has 2 aliphatic rings. The van der Waals surface area contributed by atoms with Crippen molar-refractivity contribution in [1.82, 2.24) is 0 Å². The molecule has 1 heterocycles. The summed E-state index contributed by atoms with van der Waals surface area (Å²) in [7, 11) is 0. The monoisotopic (exact) mass is 368 g/mol. The molecule has 1 aliphatic carbocycles. The molecule has 3 nitrogen and oxygen atoms in total. The smallest absolute Gasteiger partial charge is 0.382 e. The Morgan fingerprint density at radius 1 is 1.20 bits per heavy atom. The van der Waals surface area contributed by atoms with Gasteiger partial charge in [0.25, 0.3) is 0 Å². The van der Waals surface area contributed by atoms with Crippen LogP contribution >= 0.6 is 0 Å². The van der Waals surface area contributed by atoms with Crippen LogP contribution in [-0.2, 0) is 6.18 Å². The van der Waals surface area contributed by atoms with Gasteiger partial charge >= 0.3 is 12.4 Å². The van der Waals surface area contributed by atoms with E-state index in [4.69, 9.17) is 5.26 Å². The van der Waals surface area contributed by atoms with Crippen molar-refractivity contribution in [3.05, 3.63) is 29.1 Å². The van der Waals surface area contributed by atoms with Crippen LogP contribution in [0.25, 0.3) is 0 Å². The average Bonchev–Trinajstić information content (AvgIpc) is 3.14. The van der Waals surface area contributed by atoms with Crippen LogP contribution in [0.3, 0.4) is 0 Å². The van der Waals surface area contributed by atoms with Crippen molar-refractivity contribution in [2.24, 2.45) is 11.8 Å². The van der Waals surface area contributed by atoms with Gasteiger partial charge < -0.3 is 10.0 Å². The van der Waals surface area contributed by atoms with E-state index in [1.807, 2.05) is 0 Å². The number of hydrogen-bond donors (Lipinski definition) is 1. The lowest BCUT2D eigenvalue weighted by Crippen LogP contribution is -2.49. The maximum Gasteiger partial charge on any atom is 0.417 e. The van der Waals surface area contributed by atoms with Gasteiger partial charge in [-0.05, 0) is 30.4 Å². The van der Waals surface area contributed by atoms with E-state index in [0.29, 0.717) is 18.6 Å². The van der Waals surface area contributed by atoms with Gasteiger partial charge in [0.1, 0.15) is 17.4 Å². The number of fused-ring (bicyclic) bond motifs is 1. The largest absolute Gasteiger partial charge is 0.417 e. The molecule has 1 aliphatic heterocycles. The van der Waals surface area contributed by atoms with E-state index in [1.54, 1.807) is 0 Å². The Morgan fingerprint density at radius 2 is 1.84 bits per heavy atom. The number of hydrogen-bond acceptors (Lipinski definition) is 3. The molecule has 3 rings (SSSR count). The van der Waals surface area contributed by atoms with Crippen LogP contribution in [0.5, 0.6) is 0 Å². The second-order valence-electron chi connectivity index (χ2n) is 6.25. The second-order valence-corrected chi connectivity index (χ2v) is 6.25. The first-order valence-electron chi connectivity index (χ1n) is 7.27. The van der Waals surface area contributed by atoms with Crippen molar-refractivity contribution in [3.8, 4) is 6.07 Å². The average molecular weight is 368 g/mol. The summed E-state index contributed by atoms with van der Waals surface area (Å²) in [5, 5.41) is 18.3. The van der Waals surface area contributed by atoms with E-state index in [1.165, 1.54) is 0 Å². The lowest BCUT2D eigenvalue weighted by atomic mass is 10.0. The first-order chi connectivity index (χ1) is 11.4. The molecule has 0 amide bonds. The van der Waals surface area contributed by atoms with Crippen molar-refractivity contribution in [2.45, 2.75) is 30.9 Å². The third-order valence-electron chi connectivity index (χ3n) is 4.69. The minimum atomic E-state index is -5.04. The van der Waals surface area contributed by atoms with Crippen LogP contribution in [0.2, 0.25) is 0 Å². The zero-order valence-corrected chi connectivity index (χ0v) is 12.4. The molecule has 0 unspecified atom stereocenters. The number of nitriles is 1. The molecule has 1 aromatic rings. The molecule has 10 heteroatoms. The molecule has 2 fully saturated rings. The summed E-state index contributed by atoms with van der Waals surface area (Å²) < 4.78 is 91.7. The SMILES string of the molecule is N#Cc1c(F)cc(N2C[C@H]3C[C@H]3[C@@H]2[C@H](O)C(F)(F)F)cc1C(F)(F)F. The number of piperidine rings is 1. The summed E-state index contributed by atoms with van der Waals surface area (Å²) in [6, 6.07) is 0.714. The minimum Gasteiger partial charge on any atom is -0.382 e. The number of halogens is 7. The number of nitrogens with zero attached hydrogens (tertiary/aromatic N) is 2. The van der Waals surface area contributed by atoms with Crippen LogP contribution in [0.15, 0.2) is 12.1 Å². The summed E-state index contributed by atoms with van der Waals surface area (Å²) in [5.41, 5.74) is -3.19. The highest BCUT2D eigenvalue weighted by atomic mass is 19.4. The molecule has 1 N–H and O–H groups in total. The zero-order chi connectivity index (χ0) is 18.7. The molecular weight excluding hydrogens is 357 g/mol. The molecule has 25 heavy (non-hydrogen) atoms. The normalized spacial score (nSPS) is 27.0. The molecular formula is C15H11F7N2O. The summed E-state index contributed by atoms with van der Waals surface area (Å²) in [6.07, 6.45) is -12.3. The maximum absolute atomic E-state index is 13.9. The molecule has 0 aromatic heterocycles. The fourth-order valence-electron chi connectivity index (χ4n) is 3.48. The summed E-state index contributed by atoms with van der Waals surface area (Å²) in [5.74, 6) is -2.16. The number of rotatable bonds is 2. The zero-order valence-electron chi connectivity index (χ0n) is 12.4. The van der Waals surface area contributed by atoms with E-state index in [0.717, 1.165) is 11.0 Å². The predicted octanol–water partition coefficient (Wildman–Crippen LogP) is 3.46. The van der Waals surface area contributed by atoms with E-state index >= 15 is 0 Å². The van der Waals surface area contributed by atoms with Gasteiger partial charge in [-0.15, -0.1) is 0 Å². The number of aliphatic hydroxyl groups excluding tert-OH is 1. The highest BCUT2D eigenvalue weighted by molar-refractivity contribution is 5.58. The van der Waals surface area contributed by atoms with Gasteiger partial charge in [-0.25, -0.2) is 4.39 Å². The van der Waals surface area contributed by atoms with Gasteiger partial charge in [0, 0.05) is 12.2 Å². The lowest BCUT2D eigenvalue weighted by Gasteiger charge is -2.34. The van der Waals surface area contributed by atoms with Crippen molar-refractivity contribution in [3.63, 3.8) is 0 Å². The fraction of sp³-hybridized carbons (Fsp3) is 0.533. The van der Waals surface area contributed by atoms with Crippen molar-refractivity contribution in [2.75, 3.05) is 11.4 Å². The van der Waals surface area contributed by atoms with Crippen molar-refractivity contribution in [1.29, 1.82) is 5.26 Å². The third kappa shape index (κ3) is 3.01. The third-order valence-corrected chi connectivity index (χ3v) is 4.69. The van der Waals surface area contributed by atoms with Gasteiger partial charge in [0.2, 0.25) is 0 Å². The van der Waals surface area contributed by atoms with Crippen molar-refractivity contribution >= 4 is 5.69 Å². The second kappa shape index (κ2) is 5.49. The minimum absolute atomic E-state index is 0.00882. The van der Waals surface area contributed by atoms with E-state index in [-0.39, 0.29) is 12.5 Å². The van der Waals surface area contributed by atoms with Gasteiger partial charge in [-0.2, -0.15) is 31.6 Å². The summed E-state index contributed by atoms with van der Waals surface area (Å²) in [4.78, 5) is 0.955. The Morgan fingerprint density at radius 3 is 2.36 bits per heavy atom. The summed E-state index contributed by atoms with van der Waals surface area (Å²) in [6.45, 7) is -0.00882. The van der Waals surface area contributed by atoms with Gasteiger partial charge in [-0.1, -0.05) is 0 Å². The molecule has 136 valence electrons. The van der Waals surface area contributed by atoms with Crippen LogP contribution in [0.4, 0.5) is 36.4 Å². The van der Waals surface area contributed by atoms with E-state index in [9.17, 15) is 35.8 Å². The standard InChI is InChI=1S/C15H11F7N2O/c16-11-3-7(2-10(9(11)4-23)14(17,18)19)24-5-6-1-8(6)12(24)13(25)15(20,21)22/h2-3,6,8,12-13,25H,1,5H2/t6-,8-,12-,13+/m1/s1. The predicted molar refractivity (Wildman–Crippen MR) is 70.9 cm³/mol. The Bertz CT molecular complexity index is 737. The first kappa shape index (κ1) is 17.8. The molecule has 0 bridgehead atoms. The van der Waals surface area contributed by atoms with Gasteiger partial charge in [-0.3, -0.25) is 0 Å². The quantitative estimate of drug-likeness (QED) is 0.814. The molecule has 0 radical (unpaired) electrons. The highest BCUT2D eigenvalue weighted by Crippen LogP contribution is 2.53. The molecule has 0 spiro atoms. The first-order valence-corrected chi connectivity index (χ1v) is 7.27. The van der Waals surface area contributed by atoms with E-state index < -0.39 is 53.0 Å². The number of anilines is 1. The molecule has 1 saturated carbocycles. The van der Waals surface area contributed by atoms with E-state index in [2.05, 4.69) is 0 Å². The summed E-state index contributed by atoms with van der Waals surface area (Å²) >= 11 is 0. The van der Waals surface area contributed by atoms with Gasteiger partial charge in [0.15, 0.2) is 6.10 Å². The molecule has 4 atom stereocenters. The Balaban J connectivity index is 2.04. The number of benzene rings is 1. The highest BCUT2D eigenvalue weighted by Gasteiger charge is 2.60. The van der Waals surface area contributed by atoms with Crippen molar-refractivity contribution < 1.29 is 35.8 Å². The Labute approximate surface area is 137 Å². The Hall–Kier alpha value is -2.02. The maximum atomic E-state index is 13.9. The van der Waals surface area contributed by atoms with Crippen LogP contribution < -0.4 is 4.90 Å². The fourth-order valence-corrected chi connectivity index (χ4v) is 3.48. The number of aliphatic hydroxyl groups is 1. The topological polar surface area (TPSA) is 47.3 Å². The van der Waals surface area contributed by atoms with Crippen LogP contribution in [0.1, 0.15) is 17.5 Å². The molecule has 1 aromatic carbocycles. The molecule has 1 saturated heterocycles.